The first-order valence-electron chi connectivity index (χ1n) is 6.58. The molecule has 1 atom stereocenters. The molecule has 0 spiro atoms. The second-order valence-corrected chi connectivity index (χ2v) is 8.55. The van der Waals surface area contributed by atoms with Crippen molar-refractivity contribution in [2.75, 3.05) is 12.4 Å². The number of thiophene rings is 1. The Morgan fingerprint density at radius 1 is 1.29 bits per heavy atom. The monoisotopic (exact) mass is 342 g/mol. The number of sulfonamides is 1. The van der Waals surface area contributed by atoms with Gasteiger partial charge in [-0.15, -0.1) is 11.3 Å². The standard InChI is InChI=1S/C14H15ClN2O2S2/c1-16-21(18,19)10-4-2-9(3-5-10)17-12-6-7-13-11(12)8-14(15)20-13/h2-5,8,12,16-17H,6-7H2,1H3. The molecule has 112 valence electrons. The summed E-state index contributed by atoms with van der Waals surface area (Å²) in [5.41, 5.74) is 2.17. The van der Waals surface area contributed by atoms with Crippen molar-refractivity contribution < 1.29 is 8.42 Å². The maximum Gasteiger partial charge on any atom is 0.240 e. The number of halogens is 1. The molecule has 21 heavy (non-hydrogen) atoms. The third-order valence-corrected chi connectivity index (χ3v) is 6.39. The van der Waals surface area contributed by atoms with Crippen molar-refractivity contribution in [1.29, 1.82) is 0 Å². The molecule has 1 aromatic heterocycles. The summed E-state index contributed by atoms with van der Waals surface area (Å²) in [7, 11) is -1.98. The topological polar surface area (TPSA) is 58.2 Å². The fourth-order valence-electron chi connectivity index (χ4n) is 2.53. The molecule has 4 nitrogen and oxygen atoms in total. The summed E-state index contributed by atoms with van der Waals surface area (Å²) in [5.74, 6) is 0. The molecule has 1 unspecified atom stereocenters. The Morgan fingerprint density at radius 2 is 2.00 bits per heavy atom. The van der Waals surface area contributed by atoms with Crippen LogP contribution in [0.4, 0.5) is 5.69 Å². The lowest BCUT2D eigenvalue weighted by Gasteiger charge is -2.15. The quantitative estimate of drug-likeness (QED) is 0.895. The van der Waals surface area contributed by atoms with E-state index in [-0.39, 0.29) is 10.9 Å². The zero-order chi connectivity index (χ0) is 15.0. The van der Waals surface area contributed by atoms with Gasteiger partial charge < -0.3 is 5.32 Å². The lowest BCUT2D eigenvalue weighted by Crippen LogP contribution is -2.18. The Kier molecular flexibility index (Phi) is 3.96. The van der Waals surface area contributed by atoms with Crippen molar-refractivity contribution in [2.45, 2.75) is 23.8 Å². The van der Waals surface area contributed by atoms with E-state index >= 15 is 0 Å². The van der Waals surface area contributed by atoms with Gasteiger partial charge in [-0.2, -0.15) is 0 Å². The molecule has 0 saturated carbocycles. The SMILES string of the molecule is CNS(=O)(=O)c1ccc(NC2CCc3sc(Cl)cc32)cc1. The van der Waals surface area contributed by atoms with Crippen LogP contribution in [-0.2, 0) is 16.4 Å². The van der Waals surface area contributed by atoms with E-state index in [4.69, 9.17) is 11.6 Å². The Labute approximate surface area is 133 Å². The average Bonchev–Trinajstić information content (AvgIpc) is 3.00. The molecule has 0 saturated heterocycles. The fraction of sp³-hybridized carbons (Fsp3) is 0.286. The number of fused-ring (bicyclic) bond motifs is 1. The van der Waals surface area contributed by atoms with Crippen LogP contribution in [0.25, 0.3) is 0 Å². The number of hydrogen-bond donors (Lipinski definition) is 2. The minimum Gasteiger partial charge on any atom is -0.378 e. The van der Waals surface area contributed by atoms with E-state index in [0.717, 1.165) is 22.9 Å². The highest BCUT2D eigenvalue weighted by molar-refractivity contribution is 7.89. The molecular weight excluding hydrogens is 328 g/mol. The number of hydrogen-bond acceptors (Lipinski definition) is 4. The van der Waals surface area contributed by atoms with Gasteiger partial charge >= 0.3 is 0 Å². The van der Waals surface area contributed by atoms with Gasteiger partial charge in [-0.3, -0.25) is 0 Å². The molecule has 2 N–H and O–H groups in total. The van der Waals surface area contributed by atoms with Gasteiger partial charge in [-0.1, -0.05) is 11.6 Å². The molecular formula is C14H15ClN2O2S2. The Bertz CT molecular complexity index is 754. The predicted molar refractivity (Wildman–Crippen MR) is 86.7 cm³/mol. The summed E-state index contributed by atoms with van der Waals surface area (Å²) in [6.45, 7) is 0. The first-order valence-corrected chi connectivity index (χ1v) is 9.25. The molecule has 0 aliphatic heterocycles. The molecule has 0 radical (unpaired) electrons. The van der Waals surface area contributed by atoms with E-state index in [1.807, 2.05) is 6.07 Å². The van der Waals surface area contributed by atoms with Crippen LogP contribution in [0.2, 0.25) is 4.34 Å². The van der Waals surface area contributed by atoms with Crippen LogP contribution in [0.5, 0.6) is 0 Å². The summed E-state index contributed by atoms with van der Waals surface area (Å²) in [5, 5.41) is 3.44. The van der Waals surface area contributed by atoms with Crippen LogP contribution in [0.15, 0.2) is 35.2 Å². The third-order valence-electron chi connectivity index (χ3n) is 3.62. The minimum atomic E-state index is -3.38. The molecule has 0 fully saturated rings. The first-order chi connectivity index (χ1) is 9.99. The fourth-order valence-corrected chi connectivity index (χ4v) is 4.62. The highest BCUT2D eigenvalue weighted by atomic mass is 35.5. The van der Waals surface area contributed by atoms with Crippen molar-refractivity contribution in [1.82, 2.24) is 4.72 Å². The van der Waals surface area contributed by atoms with E-state index in [1.54, 1.807) is 35.6 Å². The van der Waals surface area contributed by atoms with Crippen LogP contribution >= 0.6 is 22.9 Å². The van der Waals surface area contributed by atoms with Gasteiger partial charge in [0.25, 0.3) is 0 Å². The highest BCUT2D eigenvalue weighted by Crippen LogP contribution is 2.40. The van der Waals surface area contributed by atoms with Gasteiger partial charge in [0.05, 0.1) is 15.3 Å². The number of anilines is 1. The Morgan fingerprint density at radius 3 is 2.67 bits per heavy atom. The van der Waals surface area contributed by atoms with Crippen LogP contribution < -0.4 is 10.0 Å². The van der Waals surface area contributed by atoms with Crippen LogP contribution in [0.3, 0.4) is 0 Å². The molecule has 1 aromatic carbocycles. The van der Waals surface area contributed by atoms with Crippen molar-refractivity contribution in [2.24, 2.45) is 0 Å². The van der Waals surface area contributed by atoms with Crippen molar-refractivity contribution in [3.8, 4) is 0 Å². The molecule has 1 aliphatic carbocycles. The number of aryl methyl sites for hydroxylation is 1. The van der Waals surface area contributed by atoms with Gasteiger partial charge in [0, 0.05) is 10.6 Å². The molecule has 0 amide bonds. The maximum absolute atomic E-state index is 11.7. The summed E-state index contributed by atoms with van der Waals surface area (Å²) in [4.78, 5) is 1.60. The van der Waals surface area contributed by atoms with Gasteiger partial charge in [-0.05, 0) is 55.8 Å². The van der Waals surface area contributed by atoms with Gasteiger partial charge in [0.2, 0.25) is 10.0 Å². The molecule has 0 bridgehead atoms. The van der Waals surface area contributed by atoms with Crippen molar-refractivity contribution >= 4 is 38.6 Å². The summed E-state index contributed by atoms with van der Waals surface area (Å²) in [6.07, 6.45) is 2.07. The van der Waals surface area contributed by atoms with Crippen LogP contribution in [0, 0.1) is 0 Å². The lowest BCUT2D eigenvalue weighted by atomic mass is 10.1. The Balaban J connectivity index is 1.78. The number of nitrogens with one attached hydrogen (secondary N) is 2. The first kappa shape index (κ1) is 14.8. The van der Waals surface area contributed by atoms with Gasteiger partial charge in [0.15, 0.2) is 0 Å². The predicted octanol–water partition coefficient (Wildman–Crippen LogP) is 3.41. The smallest absolute Gasteiger partial charge is 0.240 e. The summed E-state index contributed by atoms with van der Waals surface area (Å²) < 4.78 is 26.5. The molecule has 2 aromatic rings. The van der Waals surface area contributed by atoms with Crippen LogP contribution in [-0.4, -0.2) is 15.5 Å². The molecule has 3 rings (SSSR count). The van der Waals surface area contributed by atoms with E-state index < -0.39 is 10.0 Å². The van der Waals surface area contributed by atoms with E-state index in [9.17, 15) is 8.42 Å². The summed E-state index contributed by atoms with van der Waals surface area (Å²) >= 11 is 7.69. The zero-order valence-corrected chi connectivity index (χ0v) is 13.8. The summed E-state index contributed by atoms with van der Waals surface area (Å²) in [6, 6.07) is 9.05. The second-order valence-electron chi connectivity index (χ2n) is 4.90. The van der Waals surface area contributed by atoms with Gasteiger partial charge in [-0.25, -0.2) is 13.1 Å². The van der Waals surface area contributed by atoms with Crippen LogP contribution in [0.1, 0.15) is 22.9 Å². The number of benzene rings is 1. The largest absolute Gasteiger partial charge is 0.378 e. The molecule has 1 heterocycles. The van der Waals surface area contributed by atoms with E-state index in [2.05, 4.69) is 10.0 Å². The zero-order valence-electron chi connectivity index (χ0n) is 11.4. The van der Waals surface area contributed by atoms with Crippen molar-refractivity contribution in [3.63, 3.8) is 0 Å². The van der Waals surface area contributed by atoms with Crippen molar-refractivity contribution in [3.05, 3.63) is 45.1 Å². The van der Waals surface area contributed by atoms with E-state index in [0.29, 0.717) is 0 Å². The third kappa shape index (κ3) is 2.94. The Hall–Kier alpha value is -1.08. The number of rotatable bonds is 4. The average molecular weight is 343 g/mol. The second kappa shape index (κ2) is 5.61. The normalized spacial score (nSPS) is 17.7. The minimum absolute atomic E-state index is 0.246. The van der Waals surface area contributed by atoms with E-state index in [1.165, 1.54) is 17.5 Å². The lowest BCUT2D eigenvalue weighted by molar-refractivity contribution is 0.588. The molecule has 7 heteroatoms. The maximum atomic E-state index is 11.7. The highest BCUT2D eigenvalue weighted by Gasteiger charge is 2.25. The van der Waals surface area contributed by atoms with Gasteiger partial charge in [0.1, 0.15) is 0 Å². The molecule has 1 aliphatic rings.